The maximum atomic E-state index is 13.1. The largest absolute Gasteiger partial charge is 0.569 e. The molecule has 5 rings (SSSR count). The van der Waals surface area contributed by atoms with Gasteiger partial charge >= 0.3 is 29.0 Å². The Morgan fingerprint density at radius 1 is 0.649 bits per heavy atom. The fraction of sp³-hybridized carbons (Fsp3) is 0.0476. The Balaban J connectivity index is 0.000000270. The van der Waals surface area contributed by atoms with Crippen molar-refractivity contribution < 1.29 is 36.6 Å². The molecule has 1 N–H and O–H groups in total. The summed E-state index contributed by atoms with van der Waals surface area (Å²) in [6.07, 6.45) is 5.47. The summed E-state index contributed by atoms with van der Waals surface area (Å²) < 4.78 is 60.4. The lowest BCUT2D eigenvalue weighted by Crippen LogP contribution is -2.61. The van der Waals surface area contributed by atoms with Crippen molar-refractivity contribution in [2.24, 2.45) is 0 Å². The van der Waals surface area contributed by atoms with Gasteiger partial charge in [0.15, 0.2) is 0 Å². The van der Waals surface area contributed by atoms with Crippen LogP contribution >= 0.6 is 0 Å². The summed E-state index contributed by atoms with van der Waals surface area (Å²) in [6.45, 7) is 1.87. The summed E-state index contributed by atoms with van der Waals surface area (Å²) in [5, 5.41) is 8.12. The number of aryl methyl sites for hydroxylation is 1. The number of hydrogen-bond acceptors (Lipinski definition) is 9. The van der Waals surface area contributed by atoms with Crippen molar-refractivity contribution in [2.75, 3.05) is 0 Å². The van der Waals surface area contributed by atoms with E-state index >= 15 is 0 Å². The first kappa shape index (κ1) is 26.4. The first-order valence-corrected chi connectivity index (χ1v) is 10.8. The standard InChI is InChI=1S/C16H12B3F2N3O3.C5H4BFNO2/c1-11-2-3-12(8-22-11)17-25-18(13-4-6-15(20)23-9-13)27-19(26-17)14-5-7-16(21)24-10-14;7-5-2-1-4(3-8-5)10-6-9/h2-10H,1H3;1-3,9H. The van der Waals surface area contributed by atoms with E-state index in [0.29, 0.717) is 29.8 Å². The molecule has 1 fully saturated rings. The molecule has 0 unspecified atom stereocenters. The van der Waals surface area contributed by atoms with Gasteiger partial charge in [-0.05, 0) is 53.6 Å². The van der Waals surface area contributed by atoms with Crippen molar-refractivity contribution in [1.82, 2.24) is 19.9 Å². The molecule has 0 aliphatic carbocycles. The van der Waals surface area contributed by atoms with E-state index in [-0.39, 0.29) is 0 Å². The van der Waals surface area contributed by atoms with Crippen LogP contribution in [0, 0.1) is 24.8 Å². The van der Waals surface area contributed by atoms with Gasteiger partial charge in [0, 0.05) is 24.3 Å². The fourth-order valence-corrected chi connectivity index (χ4v) is 3.07. The Morgan fingerprint density at radius 2 is 1.08 bits per heavy atom. The van der Waals surface area contributed by atoms with Gasteiger partial charge in [-0.15, -0.1) is 0 Å². The van der Waals surface area contributed by atoms with Crippen molar-refractivity contribution in [1.29, 1.82) is 0 Å². The summed E-state index contributed by atoms with van der Waals surface area (Å²) in [5.74, 6) is -1.50. The lowest BCUT2D eigenvalue weighted by atomic mass is 9.62. The van der Waals surface area contributed by atoms with Crippen molar-refractivity contribution in [3.63, 3.8) is 0 Å². The SMILES string of the molecule is Cc1ccc(B2OB(c3ccc(F)nc3)OB(c3ccc(F)nc3)O2)cn1.O[B]Oc1ccc(F)nc1. The molecular formula is C21H16B4F3N4O5. The van der Waals surface area contributed by atoms with Crippen LogP contribution in [0.25, 0.3) is 0 Å². The van der Waals surface area contributed by atoms with Gasteiger partial charge in [-0.25, -0.2) is 15.0 Å². The third kappa shape index (κ3) is 7.40. The van der Waals surface area contributed by atoms with Gasteiger partial charge in [0.1, 0.15) is 5.75 Å². The number of pyridine rings is 4. The molecule has 0 saturated carbocycles. The van der Waals surface area contributed by atoms with Crippen molar-refractivity contribution in [3.05, 3.63) is 96.9 Å². The lowest BCUT2D eigenvalue weighted by Gasteiger charge is -2.31. The number of nitrogens with zero attached hydrogens (tertiary/aromatic N) is 4. The number of halogens is 3. The summed E-state index contributed by atoms with van der Waals surface area (Å²) in [7, 11) is -2.02. The highest BCUT2D eigenvalue weighted by Gasteiger charge is 2.44. The molecule has 1 radical (unpaired) electrons. The second kappa shape index (κ2) is 12.5. The molecule has 9 nitrogen and oxygen atoms in total. The van der Waals surface area contributed by atoms with Crippen LogP contribution in [-0.4, -0.2) is 54.0 Å². The van der Waals surface area contributed by atoms with Gasteiger partial charge in [0.05, 0.1) is 6.20 Å². The van der Waals surface area contributed by atoms with Crippen LogP contribution in [0.2, 0.25) is 0 Å². The van der Waals surface area contributed by atoms with Crippen LogP contribution in [0.5, 0.6) is 5.75 Å². The van der Waals surface area contributed by atoms with E-state index in [4.69, 9.17) is 18.7 Å². The monoisotopic (exact) mass is 505 g/mol. The molecule has 0 amide bonds. The molecule has 37 heavy (non-hydrogen) atoms. The Kier molecular flexibility index (Phi) is 8.90. The molecule has 0 spiro atoms. The van der Waals surface area contributed by atoms with E-state index in [1.54, 1.807) is 6.20 Å². The lowest BCUT2D eigenvalue weighted by molar-refractivity contribution is 0.308. The minimum Gasteiger partial charge on any atom is -0.536 e. The van der Waals surface area contributed by atoms with Gasteiger partial charge < -0.3 is 23.4 Å². The normalized spacial score (nSPS) is 13.1. The third-order valence-electron chi connectivity index (χ3n) is 4.88. The Labute approximate surface area is 211 Å². The van der Waals surface area contributed by atoms with E-state index in [2.05, 4.69) is 24.6 Å². The highest BCUT2D eigenvalue weighted by atomic mass is 19.1. The molecule has 4 aromatic rings. The van der Waals surface area contributed by atoms with Gasteiger partial charge in [-0.3, -0.25) is 4.98 Å². The zero-order valence-electron chi connectivity index (χ0n) is 19.2. The van der Waals surface area contributed by atoms with E-state index in [0.717, 1.165) is 11.8 Å². The first-order chi connectivity index (χ1) is 17.9. The zero-order chi connectivity index (χ0) is 26.2. The van der Waals surface area contributed by atoms with Gasteiger partial charge in [0.2, 0.25) is 17.8 Å². The van der Waals surface area contributed by atoms with Crippen molar-refractivity contribution in [2.45, 2.75) is 6.92 Å². The van der Waals surface area contributed by atoms with E-state index in [1.165, 1.54) is 48.9 Å². The minimum atomic E-state index is -0.867. The van der Waals surface area contributed by atoms with Crippen LogP contribution in [0.4, 0.5) is 13.2 Å². The summed E-state index contributed by atoms with van der Waals surface area (Å²) in [4.78, 5) is 14.8. The Bertz CT molecular complexity index is 1150. The molecule has 4 aromatic heterocycles. The van der Waals surface area contributed by atoms with Gasteiger partial charge in [0.25, 0.3) is 0 Å². The second-order valence-electron chi connectivity index (χ2n) is 7.51. The molecule has 5 heterocycles. The molecule has 0 atom stereocenters. The summed E-state index contributed by atoms with van der Waals surface area (Å²) in [5.41, 5.74) is 2.57. The van der Waals surface area contributed by atoms with Gasteiger partial charge in [-0.2, -0.15) is 13.2 Å². The average Bonchev–Trinajstić information content (AvgIpc) is 2.91. The van der Waals surface area contributed by atoms with Crippen LogP contribution in [0.1, 0.15) is 5.69 Å². The highest BCUT2D eigenvalue weighted by molar-refractivity contribution is 6.87. The maximum absolute atomic E-state index is 13.1. The second-order valence-corrected chi connectivity index (χ2v) is 7.51. The average molecular weight is 505 g/mol. The molecule has 0 bridgehead atoms. The number of aromatic nitrogens is 4. The molecule has 1 aliphatic rings. The first-order valence-electron chi connectivity index (χ1n) is 10.8. The molecular weight excluding hydrogens is 488 g/mol. The van der Waals surface area contributed by atoms with Gasteiger partial charge in [-0.1, -0.05) is 18.2 Å². The molecule has 1 aliphatic heterocycles. The maximum Gasteiger partial charge on any atom is 0.569 e. The molecule has 16 heteroatoms. The topological polar surface area (TPSA) is 109 Å². The molecule has 0 aromatic carbocycles. The van der Waals surface area contributed by atoms with E-state index in [1.807, 2.05) is 19.1 Å². The number of rotatable bonds is 5. The predicted molar refractivity (Wildman–Crippen MR) is 130 cm³/mol. The zero-order valence-corrected chi connectivity index (χ0v) is 19.2. The third-order valence-corrected chi connectivity index (χ3v) is 4.88. The molecule has 183 valence electrons. The Hall–Kier alpha value is -3.71. The number of hydrogen-bond donors (Lipinski definition) is 1. The Morgan fingerprint density at radius 3 is 1.43 bits per heavy atom. The van der Waals surface area contributed by atoms with Crippen LogP contribution in [0.15, 0.2) is 73.3 Å². The minimum absolute atomic E-state index is 0.295. The van der Waals surface area contributed by atoms with Crippen molar-refractivity contribution in [3.8, 4) is 5.75 Å². The fourth-order valence-electron chi connectivity index (χ4n) is 3.07. The molecule has 1 saturated heterocycles. The van der Waals surface area contributed by atoms with Crippen LogP contribution in [-0.2, 0) is 13.7 Å². The smallest absolute Gasteiger partial charge is 0.536 e. The van der Waals surface area contributed by atoms with Crippen LogP contribution in [0.3, 0.4) is 0 Å². The van der Waals surface area contributed by atoms with Crippen molar-refractivity contribution >= 4 is 45.4 Å². The highest BCUT2D eigenvalue weighted by Crippen LogP contribution is 2.10. The quantitative estimate of drug-likeness (QED) is 0.300. The summed E-state index contributed by atoms with van der Waals surface area (Å²) >= 11 is 0. The summed E-state index contributed by atoms with van der Waals surface area (Å²) in [6, 6.07) is 11.6. The van der Waals surface area contributed by atoms with E-state index in [9.17, 15) is 13.2 Å². The predicted octanol–water partition coefficient (Wildman–Crippen LogP) is 0.134. The van der Waals surface area contributed by atoms with Crippen LogP contribution < -0.4 is 21.0 Å². The van der Waals surface area contributed by atoms with E-state index < -0.39 is 39.2 Å².